The Morgan fingerprint density at radius 1 is 1.04 bits per heavy atom. The van der Waals surface area contributed by atoms with Crippen molar-refractivity contribution in [2.75, 3.05) is 18.1 Å². The van der Waals surface area contributed by atoms with Crippen molar-refractivity contribution in [3.05, 3.63) is 64.4 Å². The molecule has 0 bridgehead atoms. The fourth-order valence-corrected chi connectivity index (χ4v) is 3.31. The van der Waals surface area contributed by atoms with Gasteiger partial charge >= 0.3 is 12.3 Å². The number of hydrogen-bond donors (Lipinski definition) is 1. The predicted molar refractivity (Wildman–Crippen MR) is 98.3 cm³/mol. The van der Waals surface area contributed by atoms with Crippen molar-refractivity contribution in [2.45, 2.75) is 12.6 Å². The molecule has 1 aromatic heterocycles. The molecule has 0 aliphatic carbocycles. The van der Waals surface area contributed by atoms with Crippen molar-refractivity contribution in [3.63, 3.8) is 0 Å². The topological polar surface area (TPSA) is 62.4 Å². The van der Waals surface area contributed by atoms with Crippen molar-refractivity contribution in [3.8, 4) is 11.3 Å². The minimum absolute atomic E-state index is 0.0792. The van der Waals surface area contributed by atoms with Crippen molar-refractivity contribution in [1.82, 2.24) is 4.98 Å². The third-order valence-corrected chi connectivity index (χ3v) is 4.64. The lowest BCUT2D eigenvalue weighted by Gasteiger charge is -2.26. The van der Waals surface area contributed by atoms with Crippen LogP contribution in [-0.2, 0) is 10.9 Å². The van der Waals surface area contributed by atoms with Crippen LogP contribution in [0.2, 0.25) is 0 Å². The maximum atomic E-state index is 13.3. The Kier molecular flexibility index (Phi) is 4.33. The minimum Gasteiger partial charge on any atom is -0.449 e. The largest absolute Gasteiger partial charge is 0.449 e. The number of fused-ring (bicyclic) bond motifs is 1. The standard InChI is InChI=1S/C20H15F3N2O3/c21-20(22,23)16-5-2-1-4-14(16)17-10-12-6-7-13(11-15(12)18(26)24-17)25-8-3-9-28-19(25)27/h1-2,4-7,10-11H,3,8-9H2,(H,24,26). The summed E-state index contributed by atoms with van der Waals surface area (Å²) >= 11 is 0. The summed E-state index contributed by atoms with van der Waals surface area (Å²) in [7, 11) is 0. The van der Waals surface area contributed by atoms with E-state index in [1.165, 1.54) is 29.2 Å². The van der Waals surface area contributed by atoms with Gasteiger partial charge in [0.25, 0.3) is 5.56 Å². The lowest BCUT2D eigenvalue weighted by Crippen LogP contribution is -2.37. The molecular weight excluding hydrogens is 373 g/mol. The number of benzene rings is 2. The number of carbonyl (C=O) groups excluding carboxylic acids is 1. The second-order valence-corrected chi connectivity index (χ2v) is 6.45. The smallest absolute Gasteiger partial charge is 0.417 e. The Morgan fingerprint density at radius 2 is 1.82 bits per heavy atom. The lowest BCUT2D eigenvalue weighted by atomic mass is 10.0. The first-order valence-corrected chi connectivity index (χ1v) is 8.62. The average Bonchev–Trinajstić information content (AvgIpc) is 2.67. The van der Waals surface area contributed by atoms with E-state index in [1.807, 2.05) is 0 Å². The van der Waals surface area contributed by atoms with E-state index in [9.17, 15) is 22.8 Å². The van der Waals surface area contributed by atoms with Crippen molar-refractivity contribution >= 4 is 22.6 Å². The van der Waals surface area contributed by atoms with Gasteiger partial charge in [-0.2, -0.15) is 13.2 Å². The second-order valence-electron chi connectivity index (χ2n) is 6.45. The molecule has 144 valence electrons. The molecule has 1 aliphatic heterocycles. The highest BCUT2D eigenvalue weighted by Gasteiger charge is 2.33. The third kappa shape index (κ3) is 3.21. The highest BCUT2D eigenvalue weighted by atomic mass is 19.4. The first-order valence-electron chi connectivity index (χ1n) is 8.62. The van der Waals surface area contributed by atoms with E-state index in [4.69, 9.17) is 4.74 Å². The van der Waals surface area contributed by atoms with E-state index in [2.05, 4.69) is 4.98 Å². The van der Waals surface area contributed by atoms with Crippen LogP contribution in [0.25, 0.3) is 22.0 Å². The normalized spacial score (nSPS) is 15.0. The molecule has 8 heteroatoms. The molecule has 28 heavy (non-hydrogen) atoms. The summed E-state index contributed by atoms with van der Waals surface area (Å²) in [5.41, 5.74) is -0.867. The predicted octanol–water partition coefficient (Wildman–Crippen LogP) is 4.56. The summed E-state index contributed by atoms with van der Waals surface area (Å²) < 4.78 is 44.9. The summed E-state index contributed by atoms with van der Waals surface area (Å²) in [4.78, 5) is 28.4. The molecule has 1 N–H and O–H groups in total. The summed E-state index contributed by atoms with van der Waals surface area (Å²) in [5.74, 6) is 0. The maximum Gasteiger partial charge on any atom is 0.417 e. The Labute approximate surface area is 157 Å². The van der Waals surface area contributed by atoms with Crippen LogP contribution in [0.1, 0.15) is 12.0 Å². The van der Waals surface area contributed by atoms with Crippen LogP contribution < -0.4 is 10.5 Å². The molecule has 4 rings (SSSR count). The fourth-order valence-electron chi connectivity index (χ4n) is 3.31. The van der Waals surface area contributed by atoms with Gasteiger partial charge in [0.2, 0.25) is 0 Å². The third-order valence-electron chi connectivity index (χ3n) is 4.64. The Bertz CT molecular complexity index is 1120. The molecule has 2 aromatic carbocycles. The summed E-state index contributed by atoms with van der Waals surface area (Å²) in [6, 6.07) is 11.4. The molecule has 1 amide bonds. The number of halogens is 3. The number of amides is 1. The number of rotatable bonds is 2. The van der Waals surface area contributed by atoms with Gasteiger partial charge in [0.1, 0.15) is 0 Å². The number of pyridine rings is 1. The zero-order valence-electron chi connectivity index (χ0n) is 14.5. The van der Waals surface area contributed by atoms with Crippen molar-refractivity contribution in [2.24, 2.45) is 0 Å². The monoisotopic (exact) mass is 388 g/mol. The molecule has 0 spiro atoms. The van der Waals surface area contributed by atoms with Crippen LogP contribution in [0.3, 0.4) is 0 Å². The number of H-pyrrole nitrogens is 1. The summed E-state index contributed by atoms with van der Waals surface area (Å²) in [6.07, 6.45) is -4.36. The van der Waals surface area contributed by atoms with Gasteiger partial charge in [-0.05, 0) is 36.1 Å². The molecule has 1 fully saturated rings. The average molecular weight is 388 g/mol. The highest BCUT2D eigenvalue weighted by Crippen LogP contribution is 2.36. The number of alkyl halides is 3. The number of cyclic esters (lactones) is 1. The number of aromatic nitrogens is 1. The molecular formula is C20H15F3N2O3. The second kappa shape index (κ2) is 6.70. The number of ether oxygens (including phenoxy) is 1. The van der Waals surface area contributed by atoms with Crippen molar-refractivity contribution in [1.29, 1.82) is 0 Å². The molecule has 0 atom stereocenters. The molecule has 0 radical (unpaired) electrons. The van der Waals surface area contributed by atoms with Gasteiger partial charge in [0.15, 0.2) is 0 Å². The molecule has 1 aliphatic rings. The van der Waals surface area contributed by atoms with E-state index >= 15 is 0 Å². The number of anilines is 1. The van der Waals surface area contributed by atoms with Gasteiger partial charge in [0.05, 0.1) is 12.2 Å². The lowest BCUT2D eigenvalue weighted by molar-refractivity contribution is -0.137. The highest BCUT2D eigenvalue weighted by molar-refractivity contribution is 5.94. The fraction of sp³-hybridized carbons (Fsp3) is 0.200. The number of carbonyl (C=O) groups is 1. The Hall–Kier alpha value is -3.29. The Morgan fingerprint density at radius 3 is 2.57 bits per heavy atom. The van der Waals surface area contributed by atoms with E-state index in [0.717, 1.165) is 6.07 Å². The van der Waals surface area contributed by atoms with Crippen molar-refractivity contribution < 1.29 is 22.7 Å². The van der Waals surface area contributed by atoms with Gasteiger partial charge in [0, 0.05) is 28.9 Å². The van der Waals surface area contributed by atoms with Crippen LogP contribution in [0, 0.1) is 0 Å². The SMILES string of the molecule is O=C1OCCCN1c1ccc2cc(-c3ccccc3C(F)(F)F)[nH]c(=O)c2c1. The van der Waals surface area contributed by atoms with Gasteiger partial charge in [-0.1, -0.05) is 24.3 Å². The van der Waals surface area contributed by atoms with Crippen LogP contribution in [0.4, 0.5) is 23.7 Å². The first-order chi connectivity index (χ1) is 13.3. The van der Waals surface area contributed by atoms with Crippen LogP contribution in [-0.4, -0.2) is 24.2 Å². The van der Waals surface area contributed by atoms with Gasteiger partial charge in [-0.15, -0.1) is 0 Å². The molecule has 5 nitrogen and oxygen atoms in total. The van der Waals surface area contributed by atoms with Crippen LogP contribution >= 0.6 is 0 Å². The van der Waals surface area contributed by atoms with E-state index < -0.39 is 23.4 Å². The Balaban J connectivity index is 1.82. The van der Waals surface area contributed by atoms with E-state index in [-0.39, 0.29) is 16.6 Å². The first kappa shape index (κ1) is 18.1. The van der Waals surface area contributed by atoms with Crippen LogP contribution in [0.15, 0.2) is 53.3 Å². The quantitative estimate of drug-likeness (QED) is 0.700. The van der Waals surface area contributed by atoms with Gasteiger partial charge in [-0.3, -0.25) is 9.69 Å². The minimum atomic E-state index is -4.54. The maximum absolute atomic E-state index is 13.3. The number of nitrogens with one attached hydrogen (secondary N) is 1. The molecule has 3 aromatic rings. The molecule has 0 unspecified atom stereocenters. The van der Waals surface area contributed by atoms with E-state index in [1.54, 1.807) is 18.2 Å². The number of aromatic amines is 1. The molecule has 2 heterocycles. The molecule has 1 saturated heterocycles. The zero-order valence-corrected chi connectivity index (χ0v) is 14.5. The van der Waals surface area contributed by atoms with Gasteiger partial charge in [-0.25, -0.2) is 4.79 Å². The summed E-state index contributed by atoms with van der Waals surface area (Å²) in [5, 5.41) is 0.758. The number of nitrogens with zero attached hydrogens (tertiary/aromatic N) is 1. The van der Waals surface area contributed by atoms with Crippen LogP contribution in [0.5, 0.6) is 0 Å². The van der Waals surface area contributed by atoms with E-state index in [0.29, 0.717) is 30.6 Å². The van der Waals surface area contributed by atoms with Gasteiger partial charge < -0.3 is 9.72 Å². The summed E-state index contributed by atoms with van der Waals surface area (Å²) in [6.45, 7) is 0.824. The zero-order chi connectivity index (χ0) is 19.9. The number of hydrogen-bond acceptors (Lipinski definition) is 3. The molecule has 0 saturated carbocycles.